The van der Waals surface area contributed by atoms with Gasteiger partial charge in [-0.15, -0.1) is 0 Å². The molecule has 110 valence electrons. The fraction of sp³-hybridized carbons (Fsp3) is 0.571. The number of hydrogen-bond donors (Lipinski definition) is 1. The third kappa shape index (κ3) is 3.05. The van der Waals surface area contributed by atoms with Crippen LogP contribution in [-0.2, 0) is 0 Å². The summed E-state index contributed by atoms with van der Waals surface area (Å²) in [7, 11) is 0. The van der Waals surface area contributed by atoms with Crippen molar-refractivity contribution in [2.24, 2.45) is 11.8 Å². The van der Waals surface area contributed by atoms with Crippen LogP contribution in [0.5, 0.6) is 0 Å². The SMILES string of the molecule is CC1CCC(C)C(Nc2cc([N+](=O)[O-])c(F)cc2F)C1. The first-order valence-electron chi connectivity index (χ1n) is 6.78. The molecule has 0 spiro atoms. The van der Waals surface area contributed by atoms with E-state index in [1.807, 2.05) is 0 Å². The molecule has 1 fully saturated rings. The maximum atomic E-state index is 13.7. The molecule has 2 rings (SSSR count). The number of nitro groups is 1. The molecule has 1 aromatic carbocycles. The summed E-state index contributed by atoms with van der Waals surface area (Å²) in [5, 5.41) is 13.7. The van der Waals surface area contributed by atoms with E-state index in [-0.39, 0.29) is 11.7 Å². The lowest BCUT2D eigenvalue weighted by molar-refractivity contribution is -0.387. The summed E-state index contributed by atoms with van der Waals surface area (Å²) < 4.78 is 27.0. The van der Waals surface area contributed by atoms with Crippen molar-refractivity contribution in [1.29, 1.82) is 0 Å². The zero-order valence-corrected chi connectivity index (χ0v) is 11.5. The van der Waals surface area contributed by atoms with Gasteiger partial charge in [0.2, 0.25) is 5.82 Å². The van der Waals surface area contributed by atoms with Crippen LogP contribution < -0.4 is 5.32 Å². The molecule has 0 saturated heterocycles. The first kappa shape index (κ1) is 14.7. The zero-order chi connectivity index (χ0) is 14.9. The van der Waals surface area contributed by atoms with Crippen molar-refractivity contribution < 1.29 is 13.7 Å². The quantitative estimate of drug-likeness (QED) is 0.671. The Labute approximate surface area is 116 Å². The predicted molar refractivity (Wildman–Crippen MR) is 72.6 cm³/mol. The van der Waals surface area contributed by atoms with Crippen molar-refractivity contribution in [1.82, 2.24) is 0 Å². The molecular formula is C14H18F2N2O2. The van der Waals surface area contributed by atoms with E-state index in [1.54, 1.807) is 0 Å². The number of nitrogens with one attached hydrogen (secondary N) is 1. The lowest BCUT2D eigenvalue weighted by Gasteiger charge is -2.34. The van der Waals surface area contributed by atoms with Crippen LogP contribution in [0.2, 0.25) is 0 Å². The third-order valence-electron chi connectivity index (χ3n) is 4.03. The van der Waals surface area contributed by atoms with Gasteiger partial charge in [-0.2, -0.15) is 4.39 Å². The Morgan fingerprint density at radius 2 is 1.95 bits per heavy atom. The molecule has 20 heavy (non-hydrogen) atoms. The molecule has 0 radical (unpaired) electrons. The second kappa shape index (κ2) is 5.73. The van der Waals surface area contributed by atoms with Gasteiger partial charge in [0.25, 0.3) is 0 Å². The van der Waals surface area contributed by atoms with Crippen molar-refractivity contribution in [3.05, 3.63) is 33.9 Å². The maximum Gasteiger partial charge on any atom is 0.307 e. The molecule has 3 atom stereocenters. The van der Waals surface area contributed by atoms with Gasteiger partial charge in [-0.25, -0.2) is 4.39 Å². The summed E-state index contributed by atoms with van der Waals surface area (Å²) in [6.45, 7) is 4.20. The molecule has 0 heterocycles. The van der Waals surface area contributed by atoms with Crippen molar-refractivity contribution >= 4 is 11.4 Å². The highest BCUT2D eigenvalue weighted by molar-refractivity contribution is 5.53. The number of nitro benzene ring substituents is 1. The van der Waals surface area contributed by atoms with Crippen LogP contribution in [0.3, 0.4) is 0 Å². The number of nitrogens with zero attached hydrogens (tertiary/aromatic N) is 1. The minimum atomic E-state index is -1.15. The van der Waals surface area contributed by atoms with E-state index in [4.69, 9.17) is 0 Å². The van der Waals surface area contributed by atoms with Gasteiger partial charge in [-0.3, -0.25) is 10.1 Å². The van der Waals surface area contributed by atoms with Crippen LogP contribution in [0.1, 0.15) is 33.1 Å². The molecule has 4 nitrogen and oxygen atoms in total. The minimum absolute atomic E-state index is 0.00375. The average molecular weight is 284 g/mol. The Morgan fingerprint density at radius 1 is 1.25 bits per heavy atom. The number of rotatable bonds is 3. The van der Waals surface area contributed by atoms with E-state index in [1.165, 1.54) is 0 Å². The second-order valence-corrected chi connectivity index (χ2v) is 5.69. The van der Waals surface area contributed by atoms with Crippen LogP contribution in [0.4, 0.5) is 20.2 Å². The van der Waals surface area contributed by atoms with Gasteiger partial charge in [0.1, 0.15) is 5.82 Å². The van der Waals surface area contributed by atoms with Gasteiger partial charge < -0.3 is 5.32 Å². The molecule has 0 aromatic heterocycles. The zero-order valence-electron chi connectivity index (χ0n) is 11.5. The topological polar surface area (TPSA) is 55.2 Å². The van der Waals surface area contributed by atoms with E-state index in [0.717, 1.165) is 25.3 Å². The average Bonchev–Trinajstić information content (AvgIpc) is 2.36. The normalized spacial score (nSPS) is 26.3. The summed E-state index contributed by atoms with van der Waals surface area (Å²) in [5.41, 5.74) is -0.700. The Hall–Kier alpha value is -1.72. The van der Waals surface area contributed by atoms with Crippen molar-refractivity contribution in [2.45, 2.75) is 39.2 Å². The molecular weight excluding hydrogens is 266 g/mol. The van der Waals surface area contributed by atoms with Gasteiger partial charge in [0.15, 0.2) is 0 Å². The highest BCUT2D eigenvalue weighted by Gasteiger charge is 2.27. The number of benzene rings is 1. The Kier molecular flexibility index (Phi) is 4.20. The molecule has 1 N–H and O–H groups in total. The van der Waals surface area contributed by atoms with E-state index >= 15 is 0 Å². The second-order valence-electron chi connectivity index (χ2n) is 5.69. The molecule has 6 heteroatoms. The molecule has 0 aliphatic heterocycles. The minimum Gasteiger partial charge on any atom is -0.379 e. The largest absolute Gasteiger partial charge is 0.379 e. The van der Waals surface area contributed by atoms with E-state index in [9.17, 15) is 18.9 Å². The monoisotopic (exact) mass is 284 g/mol. The number of anilines is 1. The molecule has 1 aliphatic carbocycles. The van der Waals surface area contributed by atoms with Crippen LogP contribution >= 0.6 is 0 Å². The number of hydrogen-bond acceptors (Lipinski definition) is 3. The Balaban J connectivity index is 2.24. The van der Waals surface area contributed by atoms with Gasteiger partial charge in [0.05, 0.1) is 10.6 Å². The van der Waals surface area contributed by atoms with E-state index in [2.05, 4.69) is 19.2 Å². The smallest absolute Gasteiger partial charge is 0.307 e. The Morgan fingerprint density at radius 3 is 2.60 bits per heavy atom. The third-order valence-corrected chi connectivity index (χ3v) is 4.03. The van der Waals surface area contributed by atoms with Crippen LogP contribution in [0.15, 0.2) is 12.1 Å². The van der Waals surface area contributed by atoms with Crippen LogP contribution in [0.25, 0.3) is 0 Å². The lowest BCUT2D eigenvalue weighted by atomic mass is 9.80. The fourth-order valence-corrected chi connectivity index (χ4v) is 2.72. The molecule has 1 aromatic rings. The molecule has 1 saturated carbocycles. The van der Waals surface area contributed by atoms with Gasteiger partial charge in [0, 0.05) is 18.2 Å². The highest BCUT2D eigenvalue weighted by Crippen LogP contribution is 2.32. The predicted octanol–water partition coefficient (Wildman–Crippen LogP) is 4.11. The summed E-state index contributed by atoms with van der Waals surface area (Å²) in [6.07, 6.45) is 3.04. The lowest BCUT2D eigenvalue weighted by Crippen LogP contribution is -2.33. The summed E-state index contributed by atoms with van der Waals surface area (Å²) >= 11 is 0. The highest BCUT2D eigenvalue weighted by atomic mass is 19.1. The van der Waals surface area contributed by atoms with Crippen LogP contribution in [0, 0.1) is 33.6 Å². The molecule has 0 amide bonds. The summed E-state index contributed by atoms with van der Waals surface area (Å²) in [5.74, 6) is -1.06. The van der Waals surface area contributed by atoms with E-state index < -0.39 is 22.2 Å². The fourth-order valence-electron chi connectivity index (χ4n) is 2.72. The van der Waals surface area contributed by atoms with Crippen LogP contribution in [-0.4, -0.2) is 11.0 Å². The van der Waals surface area contributed by atoms with Gasteiger partial charge >= 0.3 is 5.69 Å². The standard InChI is InChI=1S/C14H18F2N2O2/c1-8-3-4-9(2)12(5-8)17-13-7-14(18(19)20)11(16)6-10(13)15/h6-9,12,17H,3-5H2,1-2H3. The van der Waals surface area contributed by atoms with Crippen molar-refractivity contribution in [2.75, 3.05) is 5.32 Å². The van der Waals surface area contributed by atoms with Crippen molar-refractivity contribution in [3.63, 3.8) is 0 Å². The summed E-state index contributed by atoms with van der Waals surface area (Å²) in [4.78, 5) is 9.87. The Bertz CT molecular complexity index is 522. The molecule has 1 aliphatic rings. The molecule has 3 unspecified atom stereocenters. The maximum absolute atomic E-state index is 13.7. The summed E-state index contributed by atoms with van der Waals surface area (Å²) in [6, 6.07) is 1.56. The van der Waals surface area contributed by atoms with Crippen molar-refractivity contribution in [3.8, 4) is 0 Å². The van der Waals surface area contributed by atoms with E-state index in [0.29, 0.717) is 17.9 Å². The first-order chi connectivity index (χ1) is 9.38. The number of halogens is 2. The first-order valence-corrected chi connectivity index (χ1v) is 6.78. The van der Waals surface area contributed by atoms with Gasteiger partial charge in [-0.05, 0) is 24.7 Å². The molecule has 0 bridgehead atoms. The van der Waals surface area contributed by atoms with Gasteiger partial charge in [-0.1, -0.05) is 20.3 Å².